The summed E-state index contributed by atoms with van der Waals surface area (Å²) in [6, 6.07) is 1.16. The number of hydrogen-bond acceptors (Lipinski definition) is 2. The number of piperazine rings is 1. The fraction of sp³-hybridized carbons (Fsp3) is 0.842. The summed E-state index contributed by atoms with van der Waals surface area (Å²) < 4.78 is 0. The molecule has 0 N–H and O–H groups in total. The van der Waals surface area contributed by atoms with E-state index in [-0.39, 0.29) is 5.91 Å². The number of hydrogen-bond donors (Lipinski definition) is 0. The summed E-state index contributed by atoms with van der Waals surface area (Å²) in [6.45, 7) is 13.1. The van der Waals surface area contributed by atoms with Gasteiger partial charge in [0.05, 0.1) is 0 Å². The zero-order valence-electron chi connectivity index (χ0n) is 15.0. The van der Waals surface area contributed by atoms with Gasteiger partial charge in [-0.2, -0.15) is 0 Å². The minimum absolute atomic E-state index is 0.0816. The van der Waals surface area contributed by atoms with Gasteiger partial charge < -0.3 is 4.90 Å². The lowest BCUT2D eigenvalue weighted by Crippen LogP contribution is -2.56. The molecule has 1 unspecified atom stereocenters. The van der Waals surface area contributed by atoms with E-state index in [0.717, 1.165) is 19.6 Å². The van der Waals surface area contributed by atoms with E-state index in [9.17, 15) is 4.79 Å². The van der Waals surface area contributed by atoms with Gasteiger partial charge in [-0.15, -0.1) is 0 Å². The molecule has 1 aliphatic heterocycles. The zero-order valence-corrected chi connectivity index (χ0v) is 15.0. The third-order valence-corrected chi connectivity index (χ3v) is 4.90. The molecule has 0 aromatic heterocycles. The molecular weight excluding hydrogens is 272 g/mol. The maximum atomic E-state index is 11.8. The summed E-state index contributed by atoms with van der Waals surface area (Å²) in [7, 11) is 0. The maximum absolute atomic E-state index is 11.8. The highest BCUT2D eigenvalue weighted by Crippen LogP contribution is 2.21. The summed E-state index contributed by atoms with van der Waals surface area (Å²) in [5.41, 5.74) is 0. The summed E-state index contributed by atoms with van der Waals surface area (Å²) in [4.78, 5) is 16.4. The average Bonchev–Trinajstić information content (AvgIpc) is 2.53. The smallest absolute Gasteiger partial charge is 0.246 e. The van der Waals surface area contributed by atoms with Gasteiger partial charge in [-0.1, -0.05) is 59.0 Å². The van der Waals surface area contributed by atoms with Gasteiger partial charge in [-0.25, -0.2) is 0 Å². The fourth-order valence-corrected chi connectivity index (χ4v) is 3.64. The summed E-state index contributed by atoms with van der Waals surface area (Å²) in [5, 5.41) is 0. The number of rotatable bonds is 10. The Morgan fingerprint density at radius 3 is 2.45 bits per heavy atom. The molecule has 128 valence electrons. The second-order valence-electron chi connectivity index (χ2n) is 6.72. The van der Waals surface area contributed by atoms with Crippen molar-refractivity contribution >= 4 is 5.91 Å². The van der Waals surface area contributed by atoms with Crippen LogP contribution in [0.4, 0.5) is 0 Å². The summed E-state index contributed by atoms with van der Waals surface area (Å²) >= 11 is 0. The van der Waals surface area contributed by atoms with Crippen molar-refractivity contribution < 1.29 is 4.79 Å². The Hall–Kier alpha value is -0.830. The first-order valence-electron chi connectivity index (χ1n) is 9.31. The molecule has 3 heteroatoms. The van der Waals surface area contributed by atoms with E-state index in [1.165, 1.54) is 57.4 Å². The van der Waals surface area contributed by atoms with Crippen LogP contribution in [0.15, 0.2) is 12.7 Å². The normalized spacial score (nSPS) is 20.9. The number of amides is 1. The molecule has 0 aromatic carbocycles. The Morgan fingerprint density at radius 1 is 1.14 bits per heavy atom. The van der Waals surface area contributed by atoms with Gasteiger partial charge in [-0.05, 0) is 25.8 Å². The van der Waals surface area contributed by atoms with Crippen molar-refractivity contribution in [3.8, 4) is 0 Å². The van der Waals surface area contributed by atoms with Crippen LogP contribution in [0.3, 0.4) is 0 Å². The molecule has 0 bridgehead atoms. The maximum Gasteiger partial charge on any atom is 0.246 e. The van der Waals surface area contributed by atoms with Crippen LogP contribution in [0.1, 0.15) is 72.1 Å². The lowest BCUT2D eigenvalue weighted by Gasteiger charge is -2.44. The molecule has 1 fully saturated rings. The number of carbonyl (C=O) groups excluding carboxylic acids is 1. The van der Waals surface area contributed by atoms with Crippen molar-refractivity contribution in [3.05, 3.63) is 12.7 Å². The molecule has 0 saturated carbocycles. The molecule has 22 heavy (non-hydrogen) atoms. The predicted octanol–water partition coefficient (Wildman–Crippen LogP) is 4.23. The van der Waals surface area contributed by atoms with Crippen molar-refractivity contribution in [1.29, 1.82) is 0 Å². The first kappa shape index (κ1) is 19.2. The molecular formula is C19H36N2O. The third kappa shape index (κ3) is 6.12. The molecule has 1 saturated heterocycles. The summed E-state index contributed by atoms with van der Waals surface area (Å²) in [6.07, 6.45) is 12.1. The predicted molar refractivity (Wildman–Crippen MR) is 95.0 cm³/mol. The van der Waals surface area contributed by atoms with Crippen molar-refractivity contribution in [2.45, 2.75) is 84.2 Å². The molecule has 0 aromatic rings. The van der Waals surface area contributed by atoms with Gasteiger partial charge in [0.2, 0.25) is 5.91 Å². The van der Waals surface area contributed by atoms with Crippen molar-refractivity contribution in [1.82, 2.24) is 9.80 Å². The largest absolute Gasteiger partial charge is 0.336 e. The molecule has 0 aliphatic carbocycles. The topological polar surface area (TPSA) is 23.6 Å². The monoisotopic (exact) mass is 308 g/mol. The number of unbranched alkanes of at least 4 members (excludes halogenated alkanes) is 4. The number of carbonyl (C=O) groups is 1. The molecule has 0 spiro atoms. The minimum atomic E-state index is 0.0816. The van der Waals surface area contributed by atoms with E-state index in [0.29, 0.717) is 12.1 Å². The third-order valence-electron chi connectivity index (χ3n) is 4.90. The van der Waals surface area contributed by atoms with Gasteiger partial charge in [0.1, 0.15) is 0 Å². The summed E-state index contributed by atoms with van der Waals surface area (Å²) in [5.74, 6) is 0.0816. The lowest BCUT2D eigenvalue weighted by molar-refractivity contribution is -0.129. The highest BCUT2D eigenvalue weighted by atomic mass is 16.2. The molecule has 1 rings (SSSR count). The Bertz CT molecular complexity index is 329. The van der Waals surface area contributed by atoms with Crippen LogP contribution in [0.25, 0.3) is 0 Å². The Morgan fingerprint density at radius 2 is 1.86 bits per heavy atom. The van der Waals surface area contributed by atoms with Crippen LogP contribution < -0.4 is 0 Å². The Balaban J connectivity index is 2.46. The van der Waals surface area contributed by atoms with Gasteiger partial charge in [-0.3, -0.25) is 9.69 Å². The van der Waals surface area contributed by atoms with E-state index in [2.05, 4.69) is 32.3 Å². The molecule has 2 atom stereocenters. The molecule has 1 amide bonds. The van der Waals surface area contributed by atoms with Gasteiger partial charge in [0, 0.05) is 31.7 Å². The van der Waals surface area contributed by atoms with E-state index < -0.39 is 0 Å². The van der Waals surface area contributed by atoms with Gasteiger partial charge >= 0.3 is 0 Å². The van der Waals surface area contributed by atoms with Gasteiger partial charge in [0.15, 0.2) is 0 Å². The second kappa shape index (κ2) is 10.8. The standard InChI is InChI=1S/C19H36N2O/c1-5-8-9-10-11-13-18(12-6-2)21-15-14-20(16-17(21)4)19(22)7-3/h7,17-18H,3,5-6,8-16H2,1-2,4H3/t17-,18?/m0/s1. The fourth-order valence-electron chi connectivity index (χ4n) is 3.64. The Labute approximate surface area is 137 Å². The van der Waals surface area contributed by atoms with Gasteiger partial charge in [0.25, 0.3) is 0 Å². The van der Waals surface area contributed by atoms with E-state index in [1.54, 1.807) is 0 Å². The SMILES string of the molecule is C=CC(=O)N1CCN(C(CCC)CCCCCCC)[C@@H](C)C1. The molecule has 1 aliphatic rings. The van der Waals surface area contributed by atoms with E-state index in [1.807, 2.05) is 4.90 Å². The highest BCUT2D eigenvalue weighted by Gasteiger charge is 2.29. The minimum Gasteiger partial charge on any atom is -0.336 e. The van der Waals surface area contributed by atoms with E-state index >= 15 is 0 Å². The first-order chi connectivity index (χ1) is 10.6. The molecule has 3 nitrogen and oxygen atoms in total. The van der Waals surface area contributed by atoms with Crippen LogP contribution in [0.2, 0.25) is 0 Å². The average molecular weight is 309 g/mol. The van der Waals surface area contributed by atoms with Crippen LogP contribution in [-0.2, 0) is 4.79 Å². The quantitative estimate of drug-likeness (QED) is 0.445. The van der Waals surface area contributed by atoms with Crippen LogP contribution in [0.5, 0.6) is 0 Å². The van der Waals surface area contributed by atoms with E-state index in [4.69, 9.17) is 0 Å². The highest BCUT2D eigenvalue weighted by molar-refractivity contribution is 5.87. The second-order valence-corrected chi connectivity index (χ2v) is 6.72. The first-order valence-corrected chi connectivity index (χ1v) is 9.31. The Kier molecular flexibility index (Phi) is 9.45. The lowest BCUT2D eigenvalue weighted by atomic mass is 9.98. The van der Waals surface area contributed by atoms with Crippen molar-refractivity contribution in [2.75, 3.05) is 19.6 Å². The molecule has 1 heterocycles. The zero-order chi connectivity index (χ0) is 16.4. The number of nitrogens with zero attached hydrogens (tertiary/aromatic N) is 2. The van der Waals surface area contributed by atoms with Crippen LogP contribution >= 0.6 is 0 Å². The molecule has 0 radical (unpaired) electrons. The van der Waals surface area contributed by atoms with Crippen molar-refractivity contribution in [3.63, 3.8) is 0 Å². The van der Waals surface area contributed by atoms with Crippen molar-refractivity contribution in [2.24, 2.45) is 0 Å². The van der Waals surface area contributed by atoms with Crippen LogP contribution in [0, 0.1) is 0 Å². The van der Waals surface area contributed by atoms with Crippen LogP contribution in [-0.4, -0.2) is 47.4 Å².